The smallest absolute Gasteiger partial charge is 0.412 e. The van der Waals surface area contributed by atoms with E-state index in [2.05, 4.69) is 10.3 Å². The van der Waals surface area contributed by atoms with Gasteiger partial charge in [0.25, 0.3) is 0 Å². The molecule has 0 atom stereocenters. The lowest BCUT2D eigenvalue weighted by Gasteiger charge is -2.47. The first-order valence-corrected chi connectivity index (χ1v) is 7.67. The molecule has 2 heterocycles. The van der Waals surface area contributed by atoms with Crippen molar-refractivity contribution in [3.05, 3.63) is 47.7 Å². The molecule has 2 aliphatic rings. The Kier molecular flexibility index (Phi) is 3.11. The zero-order valence-electron chi connectivity index (χ0n) is 12.5. The molecule has 1 aliphatic carbocycles. The molecule has 1 aromatic heterocycles. The van der Waals surface area contributed by atoms with Gasteiger partial charge in [-0.3, -0.25) is 9.89 Å². The predicted octanol–water partition coefficient (Wildman–Crippen LogP) is 3.65. The number of hydrogen-bond acceptors (Lipinski definition) is 4. The van der Waals surface area contributed by atoms with E-state index in [-0.39, 0.29) is 0 Å². The van der Waals surface area contributed by atoms with E-state index >= 15 is 0 Å². The van der Waals surface area contributed by atoms with Crippen molar-refractivity contribution in [2.75, 3.05) is 16.9 Å². The second kappa shape index (κ2) is 5.15. The lowest BCUT2D eigenvalue weighted by Crippen LogP contribution is -2.53. The van der Waals surface area contributed by atoms with Gasteiger partial charge in [-0.05, 0) is 37.5 Å². The van der Waals surface area contributed by atoms with E-state index in [9.17, 15) is 9.90 Å². The fraction of sp³-hybridized carbons (Fsp3) is 0.294. The number of anilines is 2. The molecule has 23 heavy (non-hydrogen) atoms. The molecule has 1 fully saturated rings. The summed E-state index contributed by atoms with van der Waals surface area (Å²) in [5.74, 6) is 1.35. The van der Waals surface area contributed by atoms with Crippen LogP contribution in [-0.4, -0.2) is 24.1 Å². The molecule has 1 aromatic carbocycles. The van der Waals surface area contributed by atoms with Gasteiger partial charge >= 0.3 is 6.09 Å². The Labute approximate surface area is 133 Å². The standard InChI is InChI=1S/C17H17N3O3/c21-16(22)20(13-5-2-1-3-6-13)17(7-4-8-17)14-9-12-10-18-11-19-15(12)23-14/h1-3,5-6,9-10,19H,4,7-8,11H2,(H,21,22). The van der Waals surface area contributed by atoms with Crippen LogP contribution in [0.4, 0.5) is 16.4 Å². The fourth-order valence-electron chi connectivity index (χ4n) is 3.34. The summed E-state index contributed by atoms with van der Waals surface area (Å²) in [6.45, 7) is 0.480. The quantitative estimate of drug-likeness (QED) is 0.907. The topological polar surface area (TPSA) is 78.1 Å². The molecule has 0 radical (unpaired) electrons. The molecular formula is C17H17N3O3. The summed E-state index contributed by atoms with van der Waals surface area (Å²) >= 11 is 0. The van der Waals surface area contributed by atoms with Gasteiger partial charge in [-0.15, -0.1) is 0 Å². The molecule has 2 aromatic rings. The number of furan rings is 1. The molecule has 118 valence electrons. The predicted molar refractivity (Wildman–Crippen MR) is 87.3 cm³/mol. The van der Waals surface area contributed by atoms with E-state index in [1.54, 1.807) is 6.21 Å². The van der Waals surface area contributed by atoms with Crippen LogP contribution in [0.2, 0.25) is 0 Å². The third-order valence-electron chi connectivity index (χ3n) is 4.60. The van der Waals surface area contributed by atoms with Crippen molar-refractivity contribution in [3.63, 3.8) is 0 Å². The van der Waals surface area contributed by atoms with Crippen molar-refractivity contribution in [2.24, 2.45) is 4.99 Å². The number of aliphatic imine (C=N–C) groups is 1. The van der Waals surface area contributed by atoms with Crippen LogP contribution in [-0.2, 0) is 5.54 Å². The number of nitrogens with one attached hydrogen (secondary N) is 1. The molecule has 1 aliphatic heterocycles. The van der Waals surface area contributed by atoms with Crippen molar-refractivity contribution in [3.8, 4) is 0 Å². The molecule has 6 nitrogen and oxygen atoms in total. The molecular weight excluding hydrogens is 294 g/mol. The Hall–Kier alpha value is -2.76. The first-order chi connectivity index (χ1) is 11.2. The van der Waals surface area contributed by atoms with Gasteiger partial charge in [0.1, 0.15) is 18.0 Å². The molecule has 1 amide bonds. The minimum absolute atomic E-state index is 0.480. The first kappa shape index (κ1) is 13.9. The van der Waals surface area contributed by atoms with Gasteiger partial charge in [0.2, 0.25) is 5.88 Å². The van der Waals surface area contributed by atoms with Crippen LogP contribution in [0, 0.1) is 0 Å². The largest absolute Gasteiger partial charge is 0.465 e. The van der Waals surface area contributed by atoms with Gasteiger partial charge in [-0.1, -0.05) is 18.2 Å². The van der Waals surface area contributed by atoms with Crippen LogP contribution < -0.4 is 10.2 Å². The summed E-state index contributed by atoms with van der Waals surface area (Å²) < 4.78 is 5.96. The summed E-state index contributed by atoms with van der Waals surface area (Å²) in [5.41, 5.74) is 0.895. The zero-order valence-corrected chi connectivity index (χ0v) is 12.5. The lowest BCUT2D eigenvalue weighted by atomic mass is 9.73. The van der Waals surface area contributed by atoms with Crippen LogP contribution in [0.5, 0.6) is 0 Å². The average Bonchev–Trinajstić information content (AvgIpc) is 2.95. The number of amides is 1. The van der Waals surface area contributed by atoms with Gasteiger partial charge in [0, 0.05) is 11.9 Å². The monoisotopic (exact) mass is 311 g/mol. The summed E-state index contributed by atoms with van der Waals surface area (Å²) in [6.07, 6.45) is 3.27. The Morgan fingerprint density at radius 3 is 2.70 bits per heavy atom. The van der Waals surface area contributed by atoms with E-state index in [4.69, 9.17) is 4.42 Å². The third-order valence-corrected chi connectivity index (χ3v) is 4.60. The van der Waals surface area contributed by atoms with E-state index in [0.717, 1.165) is 24.8 Å². The van der Waals surface area contributed by atoms with Gasteiger partial charge in [-0.2, -0.15) is 0 Å². The molecule has 0 unspecified atom stereocenters. The van der Waals surface area contributed by atoms with Crippen molar-refractivity contribution >= 4 is 23.9 Å². The number of rotatable bonds is 3. The highest BCUT2D eigenvalue weighted by Gasteiger charge is 2.50. The number of carboxylic acid groups (broad SMARTS) is 1. The summed E-state index contributed by atoms with van der Waals surface area (Å²) in [7, 11) is 0. The second-order valence-electron chi connectivity index (χ2n) is 5.88. The Bertz CT molecular complexity index is 763. The lowest BCUT2D eigenvalue weighted by molar-refractivity contribution is 0.155. The second-order valence-corrected chi connectivity index (χ2v) is 5.88. The van der Waals surface area contributed by atoms with Gasteiger partial charge in [0.05, 0.1) is 5.56 Å². The number of para-hydroxylation sites is 1. The van der Waals surface area contributed by atoms with Gasteiger partial charge in [-0.25, -0.2) is 4.79 Å². The van der Waals surface area contributed by atoms with Crippen LogP contribution >= 0.6 is 0 Å². The number of hydrogen-bond donors (Lipinski definition) is 2. The maximum atomic E-state index is 12.0. The van der Waals surface area contributed by atoms with E-state index in [1.807, 2.05) is 36.4 Å². The molecule has 0 saturated heterocycles. The normalized spacial score (nSPS) is 17.7. The number of carbonyl (C=O) groups is 1. The third kappa shape index (κ3) is 2.10. The van der Waals surface area contributed by atoms with Crippen molar-refractivity contribution in [1.82, 2.24) is 0 Å². The summed E-state index contributed by atoms with van der Waals surface area (Å²) in [5, 5.41) is 12.9. The maximum absolute atomic E-state index is 12.0. The highest BCUT2D eigenvalue weighted by molar-refractivity contribution is 5.90. The highest BCUT2D eigenvalue weighted by atomic mass is 16.4. The van der Waals surface area contributed by atoms with Crippen molar-refractivity contribution in [1.29, 1.82) is 0 Å². The van der Waals surface area contributed by atoms with E-state index in [1.165, 1.54) is 4.90 Å². The number of fused-ring (bicyclic) bond motifs is 1. The van der Waals surface area contributed by atoms with Crippen LogP contribution in [0.15, 0.2) is 45.8 Å². The van der Waals surface area contributed by atoms with Gasteiger partial charge in [0.15, 0.2) is 0 Å². The zero-order chi connectivity index (χ0) is 15.9. The molecule has 2 N–H and O–H groups in total. The van der Waals surface area contributed by atoms with Crippen LogP contribution in [0.3, 0.4) is 0 Å². The van der Waals surface area contributed by atoms with Crippen molar-refractivity contribution < 1.29 is 14.3 Å². The Morgan fingerprint density at radius 1 is 1.30 bits per heavy atom. The van der Waals surface area contributed by atoms with Gasteiger partial charge < -0.3 is 14.8 Å². The van der Waals surface area contributed by atoms with Crippen LogP contribution in [0.25, 0.3) is 0 Å². The van der Waals surface area contributed by atoms with E-state index in [0.29, 0.717) is 24.0 Å². The van der Waals surface area contributed by atoms with Crippen molar-refractivity contribution in [2.45, 2.75) is 24.8 Å². The fourth-order valence-corrected chi connectivity index (χ4v) is 3.34. The first-order valence-electron chi connectivity index (χ1n) is 7.67. The maximum Gasteiger partial charge on any atom is 0.412 e. The minimum Gasteiger partial charge on any atom is -0.465 e. The molecule has 1 saturated carbocycles. The van der Waals surface area contributed by atoms with Crippen LogP contribution in [0.1, 0.15) is 30.6 Å². The summed E-state index contributed by atoms with van der Waals surface area (Å²) in [6, 6.07) is 11.1. The molecule has 4 rings (SSSR count). The number of nitrogens with zero attached hydrogens (tertiary/aromatic N) is 2. The minimum atomic E-state index is -0.966. The average molecular weight is 311 g/mol. The number of benzene rings is 1. The Morgan fingerprint density at radius 2 is 2.09 bits per heavy atom. The Balaban J connectivity index is 1.80. The SMILES string of the molecule is O=C(O)N(c1ccccc1)C1(c2cc3c(o2)NCN=C3)CCC1. The molecule has 0 bridgehead atoms. The van der Waals surface area contributed by atoms with E-state index < -0.39 is 11.6 Å². The highest BCUT2D eigenvalue weighted by Crippen LogP contribution is 2.50. The summed E-state index contributed by atoms with van der Waals surface area (Å²) in [4.78, 5) is 17.6. The molecule has 0 spiro atoms. The molecule has 6 heteroatoms.